The number of nitrogens with one attached hydrogen (secondary N) is 3. The van der Waals surface area contributed by atoms with Gasteiger partial charge in [0.15, 0.2) is 0 Å². The van der Waals surface area contributed by atoms with E-state index in [1.54, 1.807) is 39.0 Å². The lowest BCUT2D eigenvalue weighted by Crippen LogP contribution is -2.60. The Hall–Kier alpha value is -5.00. The van der Waals surface area contributed by atoms with E-state index in [9.17, 15) is 41.6 Å². The predicted octanol–water partition coefficient (Wildman–Crippen LogP) is 1.99. The largest absolute Gasteiger partial charge is 0.444 e. The van der Waals surface area contributed by atoms with E-state index in [1.807, 2.05) is 0 Å². The van der Waals surface area contributed by atoms with Crippen molar-refractivity contribution in [1.82, 2.24) is 30.1 Å². The number of alkyl carbamates (subject to hydrolysis) is 1. The fourth-order valence-corrected chi connectivity index (χ4v) is 8.57. The minimum Gasteiger partial charge on any atom is -0.444 e. The summed E-state index contributed by atoms with van der Waals surface area (Å²) in [4.78, 5) is 85.8. The molecule has 3 fully saturated rings. The molecule has 3 aliphatic heterocycles. The van der Waals surface area contributed by atoms with Crippen LogP contribution in [0.4, 0.5) is 14.0 Å². The van der Waals surface area contributed by atoms with Gasteiger partial charge in [0.2, 0.25) is 27.7 Å². The van der Waals surface area contributed by atoms with Crippen molar-refractivity contribution < 1.29 is 51.0 Å². The monoisotopic (exact) mass is 786 g/mol. The van der Waals surface area contributed by atoms with E-state index in [0.29, 0.717) is 36.8 Å². The summed E-state index contributed by atoms with van der Waals surface area (Å²) in [6, 6.07) is 1.71. The first-order valence-electron chi connectivity index (χ1n) is 18.4. The second-order valence-corrected chi connectivity index (χ2v) is 17.6. The second kappa shape index (κ2) is 15.3. The van der Waals surface area contributed by atoms with Crippen molar-refractivity contribution >= 4 is 45.8 Å². The average molecular weight is 787 g/mol. The van der Waals surface area contributed by atoms with Gasteiger partial charge in [-0.15, -0.1) is 0 Å². The summed E-state index contributed by atoms with van der Waals surface area (Å²) < 4.78 is 53.5. The Kier molecular flexibility index (Phi) is 11.0. The number of carbonyl (C=O) groups is 6. The molecule has 0 aromatic heterocycles. The molecule has 3 heterocycles. The van der Waals surface area contributed by atoms with Crippen LogP contribution in [0.3, 0.4) is 0 Å². The van der Waals surface area contributed by atoms with Crippen LogP contribution in [-0.4, -0.2) is 113 Å². The van der Waals surface area contributed by atoms with E-state index in [-0.39, 0.29) is 45.6 Å². The highest BCUT2D eigenvalue weighted by Gasteiger charge is 2.62. The van der Waals surface area contributed by atoms with Crippen LogP contribution in [0.25, 0.3) is 0 Å². The van der Waals surface area contributed by atoms with Gasteiger partial charge >= 0.3 is 12.2 Å². The Bertz CT molecular complexity index is 1910. The first-order valence-corrected chi connectivity index (χ1v) is 19.9. The third-order valence-corrected chi connectivity index (χ3v) is 12.1. The van der Waals surface area contributed by atoms with Gasteiger partial charge in [0.05, 0.1) is 24.9 Å². The zero-order chi connectivity index (χ0) is 39.9. The van der Waals surface area contributed by atoms with Crippen molar-refractivity contribution in [3.63, 3.8) is 0 Å². The molecule has 16 nitrogen and oxygen atoms in total. The number of rotatable bonds is 6. The van der Waals surface area contributed by atoms with Gasteiger partial charge < -0.3 is 29.9 Å². The molecule has 55 heavy (non-hydrogen) atoms. The minimum absolute atomic E-state index is 0.0501. The number of benzene rings is 1. The maximum Gasteiger partial charge on any atom is 0.410 e. The Balaban J connectivity index is 1.31. The molecule has 0 bridgehead atoms. The summed E-state index contributed by atoms with van der Waals surface area (Å²) in [6.45, 7) is 7.99. The van der Waals surface area contributed by atoms with Gasteiger partial charge in [-0.25, -0.2) is 22.4 Å². The highest BCUT2D eigenvalue weighted by atomic mass is 32.2. The van der Waals surface area contributed by atoms with Crippen LogP contribution < -0.4 is 15.4 Å². The van der Waals surface area contributed by atoms with Crippen molar-refractivity contribution in [1.29, 1.82) is 0 Å². The normalized spacial score (nSPS) is 27.6. The molecule has 2 unspecified atom stereocenters. The fourth-order valence-electron chi connectivity index (χ4n) is 7.21. The molecule has 6 amide bonds. The number of amides is 6. The Morgan fingerprint density at radius 2 is 1.84 bits per heavy atom. The van der Waals surface area contributed by atoms with Crippen molar-refractivity contribution in [2.75, 3.05) is 19.6 Å². The number of hydrogen-bond acceptors (Lipinski definition) is 10. The average Bonchev–Trinajstić information content (AvgIpc) is 3.99. The highest BCUT2D eigenvalue weighted by molar-refractivity contribution is 7.91. The summed E-state index contributed by atoms with van der Waals surface area (Å²) in [5.41, 5.74) is -1.64. The molecule has 2 aliphatic carbocycles. The van der Waals surface area contributed by atoms with Gasteiger partial charge in [0.25, 0.3) is 5.91 Å². The molecular weight excluding hydrogens is 740 g/mol. The number of allylic oxidation sites excluding steroid dienone is 1. The highest BCUT2D eigenvalue weighted by Crippen LogP contribution is 2.46. The quantitative estimate of drug-likeness (QED) is 0.283. The second-order valence-electron chi connectivity index (χ2n) is 15.7. The third kappa shape index (κ3) is 8.95. The first-order chi connectivity index (χ1) is 25.9. The summed E-state index contributed by atoms with van der Waals surface area (Å²) in [6.07, 6.45) is 3.24. The molecule has 1 aromatic carbocycles. The van der Waals surface area contributed by atoms with Gasteiger partial charge in [-0.2, -0.15) is 0 Å². The molecule has 298 valence electrons. The minimum atomic E-state index is -3.98. The maximum absolute atomic E-state index is 14.6. The maximum atomic E-state index is 14.6. The van der Waals surface area contributed by atoms with Gasteiger partial charge in [-0.3, -0.25) is 28.8 Å². The molecular formula is C37H47FN6O10S. The summed E-state index contributed by atoms with van der Waals surface area (Å²) in [5, 5.41) is 4.58. The Labute approximate surface area is 318 Å². The van der Waals surface area contributed by atoms with E-state index in [4.69, 9.17) is 9.47 Å². The zero-order valence-electron chi connectivity index (χ0n) is 31.0. The van der Waals surface area contributed by atoms with Crippen LogP contribution in [0.5, 0.6) is 0 Å². The lowest BCUT2D eigenvalue weighted by atomic mass is 10.1. The third-order valence-electron chi connectivity index (χ3n) is 10.3. The van der Waals surface area contributed by atoms with Gasteiger partial charge in [-0.05, 0) is 70.6 Å². The summed E-state index contributed by atoms with van der Waals surface area (Å²) in [7, 11) is -3.98. The summed E-state index contributed by atoms with van der Waals surface area (Å²) >= 11 is 0. The number of ether oxygens (including phenoxy) is 2. The van der Waals surface area contributed by atoms with Crippen LogP contribution >= 0.6 is 0 Å². The van der Waals surface area contributed by atoms with Gasteiger partial charge in [0, 0.05) is 31.0 Å². The van der Waals surface area contributed by atoms with Crippen LogP contribution in [0.2, 0.25) is 0 Å². The topological polar surface area (TPSA) is 201 Å². The molecule has 3 N–H and O–H groups in total. The van der Waals surface area contributed by atoms with Crippen molar-refractivity contribution in [2.45, 2.75) is 107 Å². The molecule has 2 saturated carbocycles. The van der Waals surface area contributed by atoms with E-state index in [1.165, 1.54) is 21.9 Å². The number of fused-ring (bicyclic) bond motifs is 3. The standard InChI is InChI=1S/C37H47FN6O10S/c1-5-30(45)42-15-8-6-7-11-23-17-37(23,33(48)41-55(51,52)25-13-14-25)40-31(46)29-16-24(53-35(50)43-18-22-10-9-12-27(38)26(22)20-43)19-44(29)32(47)28(21-42)39-34(49)54-36(2,3)4/h5,7,9-12,23-25,28-29H,1,6,8,13-21H2,2-4H3,(H,39,49)(H,40,46)(H,41,48)/b11-7-/t23?,24-,28?,29+,37-/m1/s1. The molecule has 1 saturated heterocycles. The van der Waals surface area contributed by atoms with Crippen molar-refractivity contribution in [2.24, 2.45) is 5.92 Å². The number of nitrogens with zero attached hydrogens (tertiary/aromatic N) is 3. The van der Waals surface area contributed by atoms with Crippen molar-refractivity contribution in [3.8, 4) is 0 Å². The first kappa shape index (κ1) is 39.7. The lowest BCUT2D eigenvalue weighted by Gasteiger charge is -2.32. The molecule has 5 aliphatic rings. The fraction of sp³-hybridized carbons (Fsp3) is 0.568. The van der Waals surface area contributed by atoms with E-state index < -0.39 is 92.2 Å². The smallest absolute Gasteiger partial charge is 0.410 e. The molecule has 1 aromatic rings. The predicted molar refractivity (Wildman–Crippen MR) is 193 cm³/mol. The van der Waals surface area contributed by atoms with Crippen LogP contribution in [0, 0.1) is 11.7 Å². The van der Waals surface area contributed by atoms with Crippen LogP contribution in [-0.2, 0) is 51.8 Å². The van der Waals surface area contributed by atoms with E-state index in [0.717, 1.165) is 11.0 Å². The Morgan fingerprint density at radius 1 is 1.09 bits per heavy atom. The molecule has 0 spiro atoms. The van der Waals surface area contributed by atoms with Crippen LogP contribution in [0.15, 0.2) is 43.0 Å². The zero-order valence-corrected chi connectivity index (χ0v) is 31.9. The van der Waals surface area contributed by atoms with Crippen molar-refractivity contribution in [3.05, 3.63) is 60.0 Å². The van der Waals surface area contributed by atoms with E-state index >= 15 is 0 Å². The Morgan fingerprint density at radius 3 is 2.51 bits per heavy atom. The van der Waals surface area contributed by atoms with Crippen LogP contribution in [0.1, 0.15) is 70.4 Å². The molecule has 5 atom stereocenters. The number of sulfonamides is 1. The van der Waals surface area contributed by atoms with Gasteiger partial charge in [-0.1, -0.05) is 30.9 Å². The molecule has 18 heteroatoms. The SMILES string of the molecule is C=CC(=O)N1CCC/C=C\C2C[C@@]2(C(=O)NS(=O)(=O)C2CC2)NC(=O)[C@@H]2C[C@@H](OC(=O)N3Cc4cccc(F)c4C3)CN2C(=O)C(NC(=O)OC(C)(C)C)C1. The number of carbonyl (C=O) groups excluding carboxylic acids is 6. The number of hydrogen-bond donors (Lipinski definition) is 3. The number of halogens is 1. The van der Waals surface area contributed by atoms with Gasteiger partial charge in [0.1, 0.15) is 35.1 Å². The van der Waals surface area contributed by atoms with E-state index in [2.05, 4.69) is 21.9 Å². The molecule has 6 rings (SSSR count). The lowest BCUT2D eigenvalue weighted by molar-refractivity contribution is -0.142. The summed E-state index contributed by atoms with van der Waals surface area (Å²) in [5.74, 6) is -4.10. The molecule has 0 radical (unpaired) electrons.